The molecule has 6 nitrogen and oxygen atoms in total. The lowest BCUT2D eigenvalue weighted by Crippen LogP contribution is -2.30. The average Bonchev–Trinajstić information content (AvgIpc) is 3.24. The monoisotopic (exact) mass is 841 g/mol. The summed E-state index contributed by atoms with van der Waals surface area (Å²) in [6, 6.07) is 0. The van der Waals surface area contributed by atoms with Crippen LogP contribution < -0.4 is 0 Å². The first kappa shape index (κ1) is 57.4. The van der Waals surface area contributed by atoms with Crippen molar-refractivity contribution in [1.29, 1.82) is 0 Å². The minimum Gasteiger partial charge on any atom is -0.462 e. The molecule has 1 unspecified atom stereocenters. The summed E-state index contributed by atoms with van der Waals surface area (Å²) in [4.78, 5) is 37.9. The molecule has 1 atom stereocenters. The Kier molecular flexibility index (Phi) is 46.9. The minimum atomic E-state index is -0.777. The highest BCUT2D eigenvalue weighted by atomic mass is 16.6. The number of hydrogen-bond donors (Lipinski definition) is 0. The highest BCUT2D eigenvalue weighted by Crippen LogP contribution is 2.16. The fourth-order valence-electron chi connectivity index (χ4n) is 7.26. The zero-order valence-electron chi connectivity index (χ0n) is 39.7. The molecule has 0 heterocycles. The van der Waals surface area contributed by atoms with Crippen LogP contribution in [0.1, 0.15) is 258 Å². The molecule has 0 saturated heterocycles. The summed E-state index contributed by atoms with van der Waals surface area (Å²) in [5.74, 6) is -0.895. The van der Waals surface area contributed by atoms with Crippen molar-refractivity contribution in [3.8, 4) is 0 Å². The Hall–Kier alpha value is -2.63. The van der Waals surface area contributed by atoms with Gasteiger partial charge in [-0.2, -0.15) is 0 Å². The molecular formula is C54H96O6. The summed E-state index contributed by atoms with van der Waals surface area (Å²) < 4.78 is 16.8. The Morgan fingerprint density at radius 3 is 1.02 bits per heavy atom. The third kappa shape index (κ3) is 46.4. The van der Waals surface area contributed by atoms with Gasteiger partial charge in [-0.1, -0.05) is 230 Å². The van der Waals surface area contributed by atoms with Crippen molar-refractivity contribution in [2.24, 2.45) is 0 Å². The number of allylic oxidation sites excluding steroid dienone is 8. The smallest absolute Gasteiger partial charge is 0.306 e. The summed E-state index contributed by atoms with van der Waals surface area (Å²) in [5.41, 5.74) is 0. The van der Waals surface area contributed by atoms with Gasteiger partial charge in [0.25, 0.3) is 0 Å². The van der Waals surface area contributed by atoms with Crippen LogP contribution in [-0.2, 0) is 28.6 Å². The van der Waals surface area contributed by atoms with Crippen molar-refractivity contribution in [1.82, 2.24) is 0 Å². The predicted molar refractivity (Wildman–Crippen MR) is 256 cm³/mol. The first-order valence-electron chi connectivity index (χ1n) is 25.6. The van der Waals surface area contributed by atoms with Gasteiger partial charge in [0.15, 0.2) is 6.10 Å². The molecule has 0 saturated carbocycles. The van der Waals surface area contributed by atoms with Gasteiger partial charge in [0.2, 0.25) is 0 Å². The third-order valence-corrected chi connectivity index (χ3v) is 11.1. The minimum absolute atomic E-state index is 0.0776. The second-order valence-electron chi connectivity index (χ2n) is 17.1. The maximum Gasteiger partial charge on any atom is 0.306 e. The van der Waals surface area contributed by atoms with E-state index >= 15 is 0 Å². The van der Waals surface area contributed by atoms with E-state index in [1.807, 2.05) is 0 Å². The normalized spacial score (nSPS) is 12.4. The van der Waals surface area contributed by atoms with Crippen LogP contribution in [0.5, 0.6) is 0 Å². The zero-order valence-corrected chi connectivity index (χ0v) is 39.7. The maximum atomic E-state index is 12.8. The molecular weight excluding hydrogens is 745 g/mol. The Balaban J connectivity index is 4.37. The Morgan fingerprint density at radius 2 is 0.650 bits per heavy atom. The van der Waals surface area contributed by atoms with Crippen molar-refractivity contribution in [3.05, 3.63) is 48.6 Å². The van der Waals surface area contributed by atoms with Crippen LogP contribution in [0.4, 0.5) is 0 Å². The lowest BCUT2D eigenvalue weighted by molar-refractivity contribution is -0.167. The largest absolute Gasteiger partial charge is 0.462 e. The van der Waals surface area contributed by atoms with E-state index in [1.54, 1.807) is 0 Å². The summed E-state index contributed by atoms with van der Waals surface area (Å²) in [6.07, 6.45) is 58.1. The molecule has 0 spiro atoms. The second-order valence-corrected chi connectivity index (χ2v) is 17.1. The van der Waals surface area contributed by atoms with Gasteiger partial charge < -0.3 is 14.2 Å². The molecule has 348 valence electrons. The first-order valence-corrected chi connectivity index (χ1v) is 25.6. The van der Waals surface area contributed by atoms with Crippen LogP contribution in [0.2, 0.25) is 0 Å². The van der Waals surface area contributed by atoms with E-state index in [1.165, 1.54) is 122 Å². The van der Waals surface area contributed by atoms with Crippen molar-refractivity contribution in [2.45, 2.75) is 264 Å². The van der Waals surface area contributed by atoms with Gasteiger partial charge >= 0.3 is 17.9 Å². The molecule has 0 aliphatic heterocycles. The van der Waals surface area contributed by atoms with E-state index in [0.29, 0.717) is 19.3 Å². The molecule has 0 aromatic carbocycles. The summed E-state index contributed by atoms with van der Waals surface area (Å²) in [7, 11) is 0. The summed E-state index contributed by atoms with van der Waals surface area (Å²) >= 11 is 0. The van der Waals surface area contributed by atoms with Gasteiger partial charge in [0.1, 0.15) is 13.2 Å². The fourth-order valence-corrected chi connectivity index (χ4v) is 7.26. The fraction of sp³-hybridized carbons (Fsp3) is 0.796. The Labute approximate surface area is 371 Å². The molecule has 0 rings (SSSR count). The van der Waals surface area contributed by atoms with Crippen molar-refractivity contribution >= 4 is 17.9 Å². The molecule has 0 amide bonds. The molecule has 0 N–H and O–H groups in total. The summed E-state index contributed by atoms with van der Waals surface area (Å²) in [5, 5.41) is 0. The van der Waals surface area contributed by atoms with Crippen molar-refractivity contribution < 1.29 is 28.6 Å². The van der Waals surface area contributed by atoms with Gasteiger partial charge in [-0.3, -0.25) is 14.4 Å². The Bertz CT molecular complexity index is 1060. The van der Waals surface area contributed by atoms with E-state index in [4.69, 9.17) is 14.2 Å². The van der Waals surface area contributed by atoms with Gasteiger partial charge in [-0.15, -0.1) is 0 Å². The second kappa shape index (κ2) is 49.0. The molecule has 0 aromatic heterocycles. The molecule has 60 heavy (non-hydrogen) atoms. The topological polar surface area (TPSA) is 78.9 Å². The molecule has 0 aromatic rings. The number of rotatable bonds is 46. The Morgan fingerprint density at radius 1 is 0.350 bits per heavy atom. The summed E-state index contributed by atoms with van der Waals surface area (Å²) in [6.45, 7) is 6.51. The number of unbranched alkanes of at least 4 members (excludes halogenated alkanes) is 27. The number of carbonyl (C=O) groups excluding carboxylic acids is 3. The zero-order chi connectivity index (χ0) is 43.7. The van der Waals surface area contributed by atoms with Crippen molar-refractivity contribution in [3.63, 3.8) is 0 Å². The standard InChI is InChI=1S/C54H96O6/c1-4-7-10-13-16-19-22-24-26-27-29-30-32-35-38-41-44-47-53(56)59-50-51(49-58-52(55)46-43-40-37-34-21-18-15-12-9-6-3)60-54(57)48-45-42-39-36-33-31-28-25-23-20-17-14-11-8-5-2/h7,10,16,19,24,26,29-30,51H,4-6,8-9,11-15,17-18,20-23,25,27-28,31-50H2,1-3H3/b10-7-,19-16-,26-24-,30-29-. The van der Waals surface area contributed by atoms with E-state index in [0.717, 1.165) is 96.3 Å². The SMILES string of the molecule is CC/C=C\C/C=C\C/C=C\C/C=C\CCCCCCC(=O)OCC(COC(=O)CCCCCCCCCCCC)OC(=O)CCCCCCCCCCCCCCCCC. The van der Waals surface area contributed by atoms with Crippen LogP contribution >= 0.6 is 0 Å². The number of hydrogen-bond acceptors (Lipinski definition) is 6. The van der Waals surface area contributed by atoms with E-state index in [-0.39, 0.29) is 31.1 Å². The van der Waals surface area contributed by atoms with Gasteiger partial charge in [-0.25, -0.2) is 0 Å². The van der Waals surface area contributed by atoms with Crippen LogP contribution in [0.15, 0.2) is 48.6 Å². The molecule has 0 fully saturated rings. The first-order chi connectivity index (χ1) is 29.5. The third-order valence-electron chi connectivity index (χ3n) is 11.1. The highest BCUT2D eigenvalue weighted by molar-refractivity contribution is 5.71. The predicted octanol–water partition coefficient (Wildman–Crippen LogP) is 16.7. The number of esters is 3. The van der Waals surface area contributed by atoms with Crippen LogP contribution in [0.3, 0.4) is 0 Å². The number of ether oxygens (including phenoxy) is 3. The van der Waals surface area contributed by atoms with Crippen LogP contribution in [-0.4, -0.2) is 37.2 Å². The van der Waals surface area contributed by atoms with E-state index in [9.17, 15) is 14.4 Å². The lowest BCUT2D eigenvalue weighted by Gasteiger charge is -2.18. The van der Waals surface area contributed by atoms with Crippen LogP contribution in [0.25, 0.3) is 0 Å². The van der Waals surface area contributed by atoms with Gasteiger partial charge in [0, 0.05) is 19.3 Å². The molecule has 0 bridgehead atoms. The highest BCUT2D eigenvalue weighted by Gasteiger charge is 2.19. The van der Waals surface area contributed by atoms with Crippen molar-refractivity contribution in [2.75, 3.05) is 13.2 Å². The average molecular weight is 841 g/mol. The molecule has 6 heteroatoms. The van der Waals surface area contributed by atoms with E-state index in [2.05, 4.69) is 69.4 Å². The van der Waals surface area contributed by atoms with Gasteiger partial charge in [-0.05, 0) is 57.8 Å². The molecule has 0 aliphatic carbocycles. The van der Waals surface area contributed by atoms with Gasteiger partial charge in [0.05, 0.1) is 0 Å². The number of carbonyl (C=O) groups is 3. The lowest BCUT2D eigenvalue weighted by atomic mass is 10.0. The molecule has 0 radical (unpaired) electrons. The van der Waals surface area contributed by atoms with Crippen LogP contribution in [0, 0.1) is 0 Å². The molecule has 0 aliphatic rings. The maximum absolute atomic E-state index is 12.8. The van der Waals surface area contributed by atoms with E-state index < -0.39 is 6.10 Å². The quantitative estimate of drug-likeness (QED) is 0.0263.